The van der Waals surface area contributed by atoms with E-state index in [2.05, 4.69) is 10.3 Å². The van der Waals surface area contributed by atoms with Gasteiger partial charge in [0.1, 0.15) is 11.3 Å². The number of nitro benzene ring substituents is 1. The maximum absolute atomic E-state index is 12.8. The third kappa shape index (κ3) is 4.21. The number of aromatic amines is 1. The molecule has 10 heteroatoms. The number of benzene rings is 2. The van der Waals surface area contributed by atoms with Gasteiger partial charge in [0.05, 0.1) is 17.2 Å². The van der Waals surface area contributed by atoms with E-state index >= 15 is 0 Å². The molecule has 0 aliphatic rings. The lowest BCUT2D eigenvalue weighted by molar-refractivity contribution is -0.384. The summed E-state index contributed by atoms with van der Waals surface area (Å²) in [6.45, 7) is 2.29. The van der Waals surface area contributed by atoms with Crippen molar-refractivity contribution in [3.8, 4) is 11.4 Å². The highest BCUT2D eigenvalue weighted by molar-refractivity contribution is 6.04. The second-order valence-electron chi connectivity index (χ2n) is 5.84. The Labute approximate surface area is 163 Å². The number of ether oxygens (including phenoxy) is 1. The first-order valence-corrected chi connectivity index (χ1v) is 8.54. The Morgan fingerprint density at radius 2 is 1.93 bits per heavy atom. The summed E-state index contributed by atoms with van der Waals surface area (Å²) in [5, 5.41) is 13.3. The van der Waals surface area contributed by atoms with Gasteiger partial charge in [0.15, 0.2) is 0 Å². The van der Waals surface area contributed by atoms with Gasteiger partial charge in [0.2, 0.25) is 0 Å². The first kappa shape index (κ1) is 19.5. The molecule has 3 rings (SSSR count). The molecule has 29 heavy (non-hydrogen) atoms. The van der Waals surface area contributed by atoms with Crippen molar-refractivity contribution in [2.24, 2.45) is 0 Å². The summed E-state index contributed by atoms with van der Waals surface area (Å²) in [5.41, 5.74) is -1.69. The minimum atomic E-state index is -0.833. The van der Waals surface area contributed by atoms with Crippen LogP contribution in [0.25, 0.3) is 5.69 Å². The van der Waals surface area contributed by atoms with Crippen LogP contribution in [0.4, 0.5) is 11.4 Å². The van der Waals surface area contributed by atoms with Crippen LogP contribution >= 0.6 is 0 Å². The van der Waals surface area contributed by atoms with Gasteiger partial charge in [-0.1, -0.05) is 6.07 Å². The van der Waals surface area contributed by atoms with E-state index < -0.39 is 22.1 Å². The molecular weight excluding hydrogens is 380 g/mol. The smallest absolute Gasteiger partial charge is 0.333 e. The molecule has 0 bridgehead atoms. The normalized spacial score (nSPS) is 10.4. The van der Waals surface area contributed by atoms with Crippen LogP contribution in [-0.2, 0) is 0 Å². The second kappa shape index (κ2) is 8.21. The monoisotopic (exact) mass is 396 g/mol. The number of anilines is 1. The third-order valence-corrected chi connectivity index (χ3v) is 3.94. The van der Waals surface area contributed by atoms with Crippen LogP contribution in [0, 0.1) is 10.1 Å². The van der Waals surface area contributed by atoms with Crippen molar-refractivity contribution >= 4 is 17.3 Å². The van der Waals surface area contributed by atoms with Gasteiger partial charge < -0.3 is 15.0 Å². The first-order valence-electron chi connectivity index (χ1n) is 8.54. The molecule has 0 aliphatic carbocycles. The molecule has 0 saturated carbocycles. The van der Waals surface area contributed by atoms with E-state index in [9.17, 15) is 24.5 Å². The van der Waals surface area contributed by atoms with Gasteiger partial charge in [0, 0.05) is 24.0 Å². The van der Waals surface area contributed by atoms with E-state index in [-0.39, 0.29) is 22.6 Å². The molecule has 1 heterocycles. The van der Waals surface area contributed by atoms with Crippen molar-refractivity contribution < 1.29 is 14.5 Å². The number of carbonyl (C=O) groups is 1. The summed E-state index contributed by atoms with van der Waals surface area (Å²) in [4.78, 5) is 50.0. The molecule has 0 aliphatic heterocycles. The third-order valence-electron chi connectivity index (χ3n) is 3.94. The molecular formula is C19H16N4O6. The number of nitro groups is 1. The highest BCUT2D eigenvalue weighted by Crippen LogP contribution is 2.17. The van der Waals surface area contributed by atoms with E-state index in [4.69, 9.17) is 4.74 Å². The number of amides is 1. The van der Waals surface area contributed by atoms with E-state index in [1.165, 1.54) is 30.3 Å². The van der Waals surface area contributed by atoms with E-state index in [1.807, 2.05) is 6.92 Å². The number of H-pyrrole nitrogens is 1. The molecule has 10 nitrogen and oxygen atoms in total. The zero-order valence-corrected chi connectivity index (χ0v) is 15.2. The van der Waals surface area contributed by atoms with E-state index in [1.54, 1.807) is 12.1 Å². The van der Waals surface area contributed by atoms with Crippen molar-refractivity contribution in [1.29, 1.82) is 0 Å². The average Bonchev–Trinajstić information content (AvgIpc) is 2.69. The van der Waals surface area contributed by atoms with Crippen LogP contribution in [0.5, 0.6) is 5.75 Å². The predicted octanol–water partition coefficient (Wildman–Crippen LogP) is 2.08. The fourth-order valence-electron chi connectivity index (χ4n) is 2.62. The highest BCUT2D eigenvalue weighted by Gasteiger charge is 2.17. The van der Waals surface area contributed by atoms with Gasteiger partial charge in [-0.15, -0.1) is 0 Å². The van der Waals surface area contributed by atoms with E-state index in [0.717, 1.165) is 16.8 Å². The van der Waals surface area contributed by atoms with Crippen molar-refractivity contribution in [1.82, 2.24) is 9.55 Å². The largest absolute Gasteiger partial charge is 0.494 e. The topological polar surface area (TPSA) is 136 Å². The molecule has 0 atom stereocenters. The zero-order chi connectivity index (χ0) is 21.0. The van der Waals surface area contributed by atoms with Crippen molar-refractivity contribution in [3.63, 3.8) is 0 Å². The Balaban J connectivity index is 1.95. The number of rotatable bonds is 6. The molecule has 0 saturated heterocycles. The van der Waals surface area contributed by atoms with Crippen LogP contribution in [0.2, 0.25) is 0 Å². The van der Waals surface area contributed by atoms with Crippen molar-refractivity contribution in [3.05, 3.63) is 91.2 Å². The number of aromatic nitrogens is 2. The van der Waals surface area contributed by atoms with Gasteiger partial charge in [0.25, 0.3) is 17.2 Å². The lowest BCUT2D eigenvalue weighted by Gasteiger charge is -2.09. The number of non-ortho nitro benzene ring substituents is 1. The van der Waals surface area contributed by atoms with Crippen LogP contribution < -0.4 is 21.3 Å². The molecule has 1 amide bonds. The average molecular weight is 396 g/mol. The molecule has 0 unspecified atom stereocenters. The molecule has 148 valence electrons. The number of hydrogen-bond acceptors (Lipinski definition) is 6. The zero-order valence-electron chi connectivity index (χ0n) is 15.2. The number of nitrogens with one attached hydrogen (secondary N) is 2. The first-order chi connectivity index (χ1) is 13.9. The molecule has 0 fully saturated rings. The minimum Gasteiger partial charge on any atom is -0.494 e. The Morgan fingerprint density at radius 1 is 1.21 bits per heavy atom. The standard InChI is InChI=1S/C19H16N4O6/c1-2-29-15-8-6-13(7-9-15)22-18(25)16(11-20-19(22)26)17(24)21-12-4-3-5-14(10-12)23(27)28/h3-11H,2H2,1H3,(H,20,26)(H,21,24). The number of hydrogen-bond donors (Lipinski definition) is 2. The van der Waals surface area contributed by atoms with Crippen LogP contribution in [-0.4, -0.2) is 27.0 Å². The lowest BCUT2D eigenvalue weighted by atomic mass is 10.2. The Bertz CT molecular complexity index is 1180. The predicted molar refractivity (Wildman–Crippen MR) is 105 cm³/mol. The summed E-state index contributed by atoms with van der Waals surface area (Å²) in [7, 11) is 0. The maximum atomic E-state index is 12.8. The summed E-state index contributed by atoms with van der Waals surface area (Å²) >= 11 is 0. The lowest BCUT2D eigenvalue weighted by Crippen LogP contribution is -2.38. The second-order valence-corrected chi connectivity index (χ2v) is 5.84. The molecule has 1 aromatic heterocycles. The molecule has 0 radical (unpaired) electrons. The van der Waals surface area contributed by atoms with Gasteiger partial charge in [-0.25, -0.2) is 9.36 Å². The van der Waals surface area contributed by atoms with E-state index in [0.29, 0.717) is 12.4 Å². The van der Waals surface area contributed by atoms with Crippen LogP contribution in [0.1, 0.15) is 17.3 Å². The number of nitrogens with zero attached hydrogens (tertiary/aromatic N) is 2. The van der Waals surface area contributed by atoms with Crippen LogP contribution in [0.15, 0.2) is 64.3 Å². The number of carbonyl (C=O) groups excluding carboxylic acids is 1. The SMILES string of the molecule is CCOc1ccc(-n2c(=O)[nH]cc(C(=O)Nc3cccc([N+](=O)[O-])c3)c2=O)cc1. The molecule has 0 spiro atoms. The highest BCUT2D eigenvalue weighted by atomic mass is 16.6. The minimum absolute atomic E-state index is 0.141. The summed E-state index contributed by atoms with van der Waals surface area (Å²) in [5.74, 6) is -0.244. The molecule has 3 aromatic rings. The fraction of sp³-hybridized carbons (Fsp3) is 0.105. The molecule has 2 aromatic carbocycles. The van der Waals surface area contributed by atoms with Gasteiger partial charge in [-0.2, -0.15) is 0 Å². The quantitative estimate of drug-likeness (QED) is 0.484. The molecule has 2 N–H and O–H groups in total. The van der Waals surface area contributed by atoms with Crippen LogP contribution in [0.3, 0.4) is 0 Å². The Morgan fingerprint density at radius 3 is 2.59 bits per heavy atom. The maximum Gasteiger partial charge on any atom is 0.333 e. The van der Waals surface area contributed by atoms with Crippen molar-refractivity contribution in [2.45, 2.75) is 6.92 Å². The summed E-state index contributed by atoms with van der Waals surface area (Å²) < 4.78 is 6.14. The Hall–Kier alpha value is -4.21. The fourth-order valence-corrected chi connectivity index (χ4v) is 2.62. The van der Waals surface area contributed by atoms with Gasteiger partial charge in [-0.05, 0) is 37.3 Å². The van der Waals surface area contributed by atoms with Crippen molar-refractivity contribution in [2.75, 3.05) is 11.9 Å². The Kier molecular flexibility index (Phi) is 5.54. The summed E-state index contributed by atoms with van der Waals surface area (Å²) in [6.07, 6.45) is 1.00. The van der Waals surface area contributed by atoms with Gasteiger partial charge >= 0.3 is 5.69 Å². The summed E-state index contributed by atoms with van der Waals surface area (Å²) in [6, 6.07) is 11.5. The van der Waals surface area contributed by atoms with Gasteiger partial charge in [-0.3, -0.25) is 19.7 Å².